The van der Waals surface area contributed by atoms with Crippen LogP contribution in [0.15, 0.2) is 24.3 Å². The minimum Gasteiger partial charge on any atom is -0.378 e. The molecule has 1 N–H and O–H groups in total. The molecule has 110 valence electrons. The third kappa shape index (κ3) is 4.28. The number of morpholine rings is 1. The predicted molar refractivity (Wildman–Crippen MR) is 74.8 cm³/mol. The number of ether oxygens (including phenoxy) is 1. The van der Waals surface area contributed by atoms with Gasteiger partial charge in [0.25, 0.3) is 0 Å². The number of hydrogen-bond acceptors (Lipinski definition) is 3. The standard InChI is InChI=1S/C15H21FN2O2/c1-12(13-3-2-4-14(16)11-13)17-6-5-15(19)18-7-9-20-10-8-18/h2-4,11-12,17H,5-10H2,1H3. The number of carbonyl (C=O) groups excluding carboxylic acids is 1. The van der Waals surface area contributed by atoms with E-state index in [1.165, 1.54) is 12.1 Å². The van der Waals surface area contributed by atoms with Crippen LogP contribution >= 0.6 is 0 Å². The van der Waals surface area contributed by atoms with Crippen LogP contribution in [-0.2, 0) is 9.53 Å². The van der Waals surface area contributed by atoms with E-state index in [4.69, 9.17) is 4.74 Å². The summed E-state index contributed by atoms with van der Waals surface area (Å²) in [6, 6.07) is 6.55. The third-order valence-corrected chi connectivity index (χ3v) is 3.50. The van der Waals surface area contributed by atoms with Crippen LogP contribution in [0.3, 0.4) is 0 Å². The fourth-order valence-corrected chi connectivity index (χ4v) is 2.26. The Hall–Kier alpha value is -1.46. The number of hydrogen-bond donors (Lipinski definition) is 1. The van der Waals surface area contributed by atoms with E-state index in [9.17, 15) is 9.18 Å². The Morgan fingerprint density at radius 3 is 2.90 bits per heavy atom. The van der Waals surface area contributed by atoms with E-state index >= 15 is 0 Å². The summed E-state index contributed by atoms with van der Waals surface area (Å²) >= 11 is 0. The number of nitrogens with one attached hydrogen (secondary N) is 1. The zero-order chi connectivity index (χ0) is 14.4. The molecule has 0 radical (unpaired) electrons. The highest BCUT2D eigenvalue weighted by Crippen LogP contribution is 2.13. The highest BCUT2D eigenvalue weighted by Gasteiger charge is 2.16. The van der Waals surface area contributed by atoms with Gasteiger partial charge in [0.1, 0.15) is 5.82 Å². The number of halogens is 1. The molecular formula is C15H21FN2O2. The molecule has 1 unspecified atom stereocenters. The summed E-state index contributed by atoms with van der Waals surface area (Å²) in [5, 5.41) is 3.25. The molecule has 1 atom stereocenters. The SMILES string of the molecule is CC(NCCC(=O)N1CCOCC1)c1cccc(F)c1. The molecule has 0 bridgehead atoms. The average molecular weight is 280 g/mol. The van der Waals surface area contributed by atoms with Gasteiger partial charge in [-0.15, -0.1) is 0 Å². The molecule has 20 heavy (non-hydrogen) atoms. The van der Waals surface area contributed by atoms with Gasteiger partial charge < -0.3 is 15.0 Å². The van der Waals surface area contributed by atoms with Crippen LogP contribution < -0.4 is 5.32 Å². The van der Waals surface area contributed by atoms with Gasteiger partial charge in [0.05, 0.1) is 13.2 Å². The first-order chi connectivity index (χ1) is 9.66. The molecule has 1 aliphatic rings. The number of rotatable bonds is 5. The molecule has 1 aromatic carbocycles. The highest BCUT2D eigenvalue weighted by atomic mass is 19.1. The summed E-state index contributed by atoms with van der Waals surface area (Å²) in [4.78, 5) is 13.8. The number of amides is 1. The number of nitrogens with zero attached hydrogens (tertiary/aromatic N) is 1. The van der Waals surface area contributed by atoms with Crippen molar-refractivity contribution in [1.29, 1.82) is 0 Å². The van der Waals surface area contributed by atoms with Gasteiger partial charge in [0, 0.05) is 32.1 Å². The molecule has 0 aromatic heterocycles. The van der Waals surface area contributed by atoms with Crippen LogP contribution in [0.4, 0.5) is 4.39 Å². The molecule has 1 fully saturated rings. The van der Waals surface area contributed by atoms with Crippen LogP contribution in [0, 0.1) is 5.82 Å². The van der Waals surface area contributed by atoms with E-state index < -0.39 is 0 Å². The summed E-state index contributed by atoms with van der Waals surface area (Å²) in [6.07, 6.45) is 0.458. The van der Waals surface area contributed by atoms with Crippen molar-refractivity contribution in [1.82, 2.24) is 10.2 Å². The van der Waals surface area contributed by atoms with Crippen molar-refractivity contribution in [3.8, 4) is 0 Å². The Balaban J connectivity index is 1.73. The first-order valence-corrected chi connectivity index (χ1v) is 7.01. The van der Waals surface area contributed by atoms with E-state index in [0.717, 1.165) is 5.56 Å². The molecule has 1 aliphatic heterocycles. The van der Waals surface area contributed by atoms with Crippen molar-refractivity contribution < 1.29 is 13.9 Å². The summed E-state index contributed by atoms with van der Waals surface area (Å²) in [7, 11) is 0. The molecule has 5 heteroatoms. The van der Waals surface area contributed by atoms with Gasteiger partial charge in [-0.2, -0.15) is 0 Å². The Bertz CT molecular complexity index is 447. The van der Waals surface area contributed by atoms with Gasteiger partial charge in [-0.3, -0.25) is 4.79 Å². The molecule has 0 saturated carbocycles. The lowest BCUT2D eigenvalue weighted by atomic mass is 10.1. The summed E-state index contributed by atoms with van der Waals surface area (Å²) < 4.78 is 18.3. The van der Waals surface area contributed by atoms with Crippen molar-refractivity contribution >= 4 is 5.91 Å². The molecule has 0 spiro atoms. The first kappa shape index (κ1) is 14.9. The summed E-state index contributed by atoms with van der Waals surface area (Å²) in [5.74, 6) is -0.0900. The topological polar surface area (TPSA) is 41.6 Å². The molecule has 0 aliphatic carbocycles. The molecule has 4 nitrogen and oxygen atoms in total. The molecule has 1 heterocycles. The Morgan fingerprint density at radius 1 is 1.45 bits per heavy atom. The maximum atomic E-state index is 13.1. The lowest BCUT2D eigenvalue weighted by molar-refractivity contribution is -0.135. The van der Waals surface area contributed by atoms with Crippen molar-refractivity contribution in [3.63, 3.8) is 0 Å². The van der Waals surface area contributed by atoms with E-state index in [1.807, 2.05) is 17.9 Å². The largest absolute Gasteiger partial charge is 0.378 e. The lowest BCUT2D eigenvalue weighted by Crippen LogP contribution is -2.41. The minimum absolute atomic E-state index is 0.0307. The van der Waals surface area contributed by atoms with Gasteiger partial charge in [-0.05, 0) is 24.6 Å². The van der Waals surface area contributed by atoms with Gasteiger partial charge in [-0.25, -0.2) is 4.39 Å². The van der Waals surface area contributed by atoms with Crippen molar-refractivity contribution in [2.75, 3.05) is 32.8 Å². The smallest absolute Gasteiger partial charge is 0.224 e. The quantitative estimate of drug-likeness (QED) is 0.893. The van der Waals surface area contributed by atoms with Crippen LogP contribution in [0.2, 0.25) is 0 Å². The Kier molecular flexibility index (Phi) is 5.49. The van der Waals surface area contributed by atoms with Gasteiger partial charge in [0.2, 0.25) is 5.91 Å². The van der Waals surface area contributed by atoms with Gasteiger partial charge in [0.15, 0.2) is 0 Å². The van der Waals surface area contributed by atoms with E-state index in [0.29, 0.717) is 39.3 Å². The van der Waals surface area contributed by atoms with Crippen molar-refractivity contribution in [3.05, 3.63) is 35.6 Å². The number of carbonyl (C=O) groups is 1. The molecule has 1 saturated heterocycles. The highest BCUT2D eigenvalue weighted by molar-refractivity contribution is 5.76. The summed E-state index contributed by atoms with van der Waals surface area (Å²) in [5.41, 5.74) is 0.892. The fraction of sp³-hybridized carbons (Fsp3) is 0.533. The van der Waals surface area contributed by atoms with Crippen LogP contribution in [0.5, 0.6) is 0 Å². The van der Waals surface area contributed by atoms with Crippen LogP contribution in [0.1, 0.15) is 24.9 Å². The second-order valence-electron chi connectivity index (χ2n) is 4.97. The molecule has 1 aromatic rings. The maximum absolute atomic E-state index is 13.1. The Morgan fingerprint density at radius 2 is 2.20 bits per heavy atom. The van der Waals surface area contributed by atoms with Gasteiger partial charge >= 0.3 is 0 Å². The van der Waals surface area contributed by atoms with Crippen LogP contribution in [-0.4, -0.2) is 43.7 Å². The molecular weight excluding hydrogens is 259 g/mol. The second kappa shape index (κ2) is 7.36. The summed E-state index contributed by atoms with van der Waals surface area (Å²) in [6.45, 7) is 5.16. The Labute approximate surface area is 118 Å². The van der Waals surface area contributed by atoms with E-state index in [2.05, 4.69) is 5.32 Å². The van der Waals surface area contributed by atoms with E-state index in [-0.39, 0.29) is 17.8 Å². The number of benzene rings is 1. The average Bonchev–Trinajstić information content (AvgIpc) is 2.48. The predicted octanol–water partition coefficient (Wildman–Crippen LogP) is 1.73. The fourth-order valence-electron chi connectivity index (χ4n) is 2.26. The lowest BCUT2D eigenvalue weighted by Gasteiger charge is -2.27. The first-order valence-electron chi connectivity index (χ1n) is 7.01. The minimum atomic E-state index is -0.236. The zero-order valence-corrected chi connectivity index (χ0v) is 11.8. The van der Waals surface area contributed by atoms with Crippen LogP contribution in [0.25, 0.3) is 0 Å². The van der Waals surface area contributed by atoms with E-state index in [1.54, 1.807) is 6.07 Å². The van der Waals surface area contributed by atoms with Gasteiger partial charge in [-0.1, -0.05) is 12.1 Å². The van der Waals surface area contributed by atoms with Crippen molar-refractivity contribution in [2.45, 2.75) is 19.4 Å². The third-order valence-electron chi connectivity index (χ3n) is 3.50. The van der Waals surface area contributed by atoms with Crippen molar-refractivity contribution in [2.24, 2.45) is 0 Å². The normalized spacial score (nSPS) is 17.0. The molecule has 1 amide bonds. The maximum Gasteiger partial charge on any atom is 0.224 e. The molecule has 2 rings (SSSR count). The zero-order valence-electron chi connectivity index (χ0n) is 11.8. The second-order valence-corrected chi connectivity index (χ2v) is 4.97. The monoisotopic (exact) mass is 280 g/mol.